The standard InChI is InChI=1S/C7H15NO4/c1-11-6(12-2)4-3-5(8)7(9)10/h5-6H,3-4,8H2,1-2H3,(H,9,10). The lowest BCUT2D eigenvalue weighted by molar-refractivity contribution is -0.140. The van der Waals surface area contributed by atoms with Gasteiger partial charge in [0, 0.05) is 20.6 Å². The number of hydrogen-bond donors (Lipinski definition) is 2. The van der Waals surface area contributed by atoms with Crippen LogP contribution in [0.1, 0.15) is 12.8 Å². The van der Waals surface area contributed by atoms with Crippen molar-refractivity contribution in [1.29, 1.82) is 0 Å². The molecule has 0 heterocycles. The molecule has 0 spiro atoms. The molecule has 0 aliphatic rings. The molecule has 0 aromatic carbocycles. The van der Waals surface area contributed by atoms with Gasteiger partial charge in [0.1, 0.15) is 6.04 Å². The predicted octanol–water partition coefficient (Wildman–Crippen LogP) is -0.203. The SMILES string of the molecule is COC(CCC(N)C(=O)O)OC. The van der Waals surface area contributed by atoms with E-state index in [9.17, 15) is 4.79 Å². The Morgan fingerprint density at radius 2 is 1.92 bits per heavy atom. The zero-order valence-corrected chi connectivity index (χ0v) is 7.32. The third-order valence-electron chi connectivity index (χ3n) is 1.56. The molecule has 0 aliphatic heterocycles. The van der Waals surface area contributed by atoms with Crippen LogP contribution in [0.3, 0.4) is 0 Å². The Hall–Kier alpha value is -0.650. The summed E-state index contributed by atoms with van der Waals surface area (Å²) in [7, 11) is 3.00. The van der Waals surface area contributed by atoms with Gasteiger partial charge in [-0.2, -0.15) is 0 Å². The molecule has 0 saturated heterocycles. The Bertz CT molecular complexity index is 135. The number of rotatable bonds is 6. The highest BCUT2D eigenvalue weighted by molar-refractivity contribution is 5.72. The number of ether oxygens (including phenoxy) is 2. The molecule has 0 aliphatic carbocycles. The average molecular weight is 177 g/mol. The van der Waals surface area contributed by atoms with Crippen molar-refractivity contribution in [2.45, 2.75) is 25.2 Å². The van der Waals surface area contributed by atoms with E-state index in [0.29, 0.717) is 12.8 Å². The van der Waals surface area contributed by atoms with Crippen molar-refractivity contribution in [3.8, 4) is 0 Å². The van der Waals surface area contributed by atoms with Crippen molar-refractivity contribution in [2.24, 2.45) is 5.73 Å². The minimum atomic E-state index is -0.999. The molecule has 0 fully saturated rings. The van der Waals surface area contributed by atoms with Gasteiger partial charge in [-0.15, -0.1) is 0 Å². The Balaban J connectivity index is 3.58. The van der Waals surface area contributed by atoms with Crippen molar-refractivity contribution in [3.63, 3.8) is 0 Å². The van der Waals surface area contributed by atoms with Crippen LogP contribution >= 0.6 is 0 Å². The quantitative estimate of drug-likeness (QED) is 0.549. The van der Waals surface area contributed by atoms with E-state index >= 15 is 0 Å². The number of aliphatic carboxylic acids is 1. The van der Waals surface area contributed by atoms with Crippen molar-refractivity contribution >= 4 is 5.97 Å². The van der Waals surface area contributed by atoms with E-state index in [4.69, 9.17) is 20.3 Å². The third kappa shape index (κ3) is 4.27. The molecule has 3 N–H and O–H groups in total. The van der Waals surface area contributed by atoms with Crippen LogP contribution in [-0.2, 0) is 14.3 Å². The minimum Gasteiger partial charge on any atom is -0.480 e. The van der Waals surface area contributed by atoms with Gasteiger partial charge in [-0.05, 0) is 6.42 Å². The van der Waals surface area contributed by atoms with Crippen molar-refractivity contribution in [1.82, 2.24) is 0 Å². The van der Waals surface area contributed by atoms with E-state index in [-0.39, 0.29) is 6.29 Å². The second-order valence-corrected chi connectivity index (χ2v) is 2.42. The summed E-state index contributed by atoms with van der Waals surface area (Å²) < 4.78 is 9.72. The van der Waals surface area contributed by atoms with Gasteiger partial charge in [0.2, 0.25) is 0 Å². The second-order valence-electron chi connectivity index (χ2n) is 2.42. The summed E-state index contributed by atoms with van der Waals surface area (Å²) >= 11 is 0. The molecule has 5 heteroatoms. The maximum atomic E-state index is 10.3. The maximum Gasteiger partial charge on any atom is 0.320 e. The maximum absolute atomic E-state index is 10.3. The van der Waals surface area contributed by atoms with E-state index in [2.05, 4.69) is 0 Å². The first kappa shape index (κ1) is 11.4. The van der Waals surface area contributed by atoms with Crippen LogP contribution in [0.25, 0.3) is 0 Å². The molecule has 0 amide bonds. The molecule has 0 rings (SSSR count). The van der Waals surface area contributed by atoms with Gasteiger partial charge >= 0.3 is 5.97 Å². The molecule has 0 radical (unpaired) electrons. The fourth-order valence-corrected chi connectivity index (χ4v) is 0.771. The summed E-state index contributed by atoms with van der Waals surface area (Å²) in [5.74, 6) is -0.999. The molecule has 1 atom stereocenters. The summed E-state index contributed by atoms with van der Waals surface area (Å²) in [6.45, 7) is 0. The number of carbonyl (C=O) groups is 1. The Morgan fingerprint density at radius 3 is 2.25 bits per heavy atom. The smallest absolute Gasteiger partial charge is 0.320 e. The normalized spacial score (nSPS) is 13.3. The third-order valence-corrected chi connectivity index (χ3v) is 1.56. The van der Waals surface area contributed by atoms with Gasteiger partial charge in [0.05, 0.1) is 0 Å². The zero-order valence-electron chi connectivity index (χ0n) is 7.32. The van der Waals surface area contributed by atoms with Gasteiger partial charge in [-0.1, -0.05) is 0 Å². The fraction of sp³-hybridized carbons (Fsp3) is 0.857. The van der Waals surface area contributed by atoms with Crippen molar-refractivity contribution < 1.29 is 19.4 Å². The van der Waals surface area contributed by atoms with Crippen LogP contribution in [0.4, 0.5) is 0 Å². The molecular weight excluding hydrogens is 162 g/mol. The van der Waals surface area contributed by atoms with E-state index in [1.807, 2.05) is 0 Å². The molecule has 0 bridgehead atoms. The average Bonchev–Trinajstić information content (AvgIpc) is 2.05. The fourth-order valence-electron chi connectivity index (χ4n) is 0.771. The van der Waals surface area contributed by atoms with Crippen LogP contribution < -0.4 is 5.73 Å². The summed E-state index contributed by atoms with van der Waals surface area (Å²) in [4.78, 5) is 10.3. The number of methoxy groups -OCH3 is 2. The van der Waals surface area contributed by atoms with E-state index in [0.717, 1.165) is 0 Å². The van der Waals surface area contributed by atoms with E-state index in [1.165, 1.54) is 14.2 Å². The Morgan fingerprint density at radius 1 is 1.42 bits per heavy atom. The molecule has 0 aromatic rings. The molecule has 0 aromatic heterocycles. The molecule has 12 heavy (non-hydrogen) atoms. The van der Waals surface area contributed by atoms with Gasteiger partial charge in [-0.3, -0.25) is 4.79 Å². The van der Waals surface area contributed by atoms with Crippen molar-refractivity contribution in [2.75, 3.05) is 14.2 Å². The Labute approximate surface area is 71.5 Å². The van der Waals surface area contributed by atoms with Gasteiger partial charge < -0.3 is 20.3 Å². The number of carboxylic acid groups (broad SMARTS) is 1. The lowest BCUT2D eigenvalue weighted by Gasteiger charge is -2.14. The first-order chi connectivity index (χ1) is 5.61. The second kappa shape index (κ2) is 5.93. The topological polar surface area (TPSA) is 81.8 Å². The highest BCUT2D eigenvalue weighted by Crippen LogP contribution is 2.03. The molecular formula is C7H15NO4. The molecule has 0 saturated carbocycles. The summed E-state index contributed by atoms with van der Waals surface area (Å²) in [6, 6.07) is -0.835. The number of nitrogens with two attached hydrogens (primary N) is 1. The molecule has 1 unspecified atom stereocenters. The van der Waals surface area contributed by atoms with Crippen LogP contribution in [0.2, 0.25) is 0 Å². The van der Waals surface area contributed by atoms with Crippen LogP contribution in [0.5, 0.6) is 0 Å². The van der Waals surface area contributed by atoms with Crippen LogP contribution in [0, 0.1) is 0 Å². The van der Waals surface area contributed by atoms with Gasteiger partial charge in [0.25, 0.3) is 0 Å². The van der Waals surface area contributed by atoms with Crippen LogP contribution in [-0.4, -0.2) is 37.6 Å². The van der Waals surface area contributed by atoms with Crippen molar-refractivity contribution in [3.05, 3.63) is 0 Å². The highest BCUT2D eigenvalue weighted by Gasteiger charge is 2.14. The van der Waals surface area contributed by atoms with Crippen LogP contribution in [0.15, 0.2) is 0 Å². The van der Waals surface area contributed by atoms with E-state index in [1.54, 1.807) is 0 Å². The minimum absolute atomic E-state index is 0.349. The highest BCUT2D eigenvalue weighted by atomic mass is 16.7. The summed E-state index contributed by atoms with van der Waals surface area (Å²) in [5.41, 5.74) is 5.26. The first-order valence-electron chi connectivity index (χ1n) is 3.65. The Kier molecular flexibility index (Phi) is 5.61. The predicted molar refractivity (Wildman–Crippen MR) is 42.7 cm³/mol. The molecule has 72 valence electrons. The lowest BCUT2D eigenvalue weighted by Crippen LogP contribution is -2.31. The van der Waals surface area contributed by atoms with Gasteiger partial charge in [0.15, 0.2) is 6.29 Å². The van der Waals surface area contributed by atoms with Gasteiger partial charge in [-0.25, -0.2) is 0 Å². The lowest BCUT2D eigenvalue weighted by atomic mass is 10.2. The largest absolute Gasteiger partial charge is 0.480 e. The molecule has 5 nitrogen and oxygen atoms in total. The monoisotopic (exact) mass is 177 g/mol. The number of carboxylic acids is 1. The first-order valence-corrected chi connectivity index (χ1v) is 3.65. The zero-order chi connectivity index (χ0) is 9.56. The summed E-state index contributed by atoms with van der Waals surface area (Å²) in [5, 5.41) is 8.43. The van der Waals surface area contributed by atoms with E-state index < -0.39 is 12.0 Å². The summed E-state index contributed by atoms with van der Waals surface area (Å²) in [6.07, 6.45) is 0.470. The number of hydrogen-bond acceptors (Lipinski definition) is 4.